The molecule has 178 valence electrons. The molecule has 1 unspecified atom stereocenters. The lowest BCUT2D eigenvalue weighted by Gasteiger charge is -2.32. The van der Waals surface area contributed by atoms with Gasteiger partial charge in [-0.05, 0) is 44.2 Å². The molecule has 4 nitrogen and oxygen atoms in total. The van der Waals surface area contributed by atoms with Crippen molar-refractivity contribution in [2.45, 2.75) is 83.7 Å². The molecule has 5 heteroatoms. The minimum atomic E-state index is -0.443. The van der Waals surface area contributed by atoms with Crippen molar-refractivity contribution in [2.75, 3.05) is 5.75 Å². The number of thioether (sulfide) groups is 1. The Balaban J connectivity index is 1.68. The Morgan fingerprint density at radius 2 is 1.67 bits per heavy atom. The molecule has 0 spiro atoms. The average Bonchev–Trinajstić information content (AvgIpc) is 2.79. The van der Waals surface area contributed by atoms with Crippen molar-refractivity contribution in [3.05, 3.63) is 70.8 Å². The van der Waals surface area contributed by atoms with Crippen LogP contribution in [0.2, 0.25) is 0 Å². The SMILES string of the molecule is CCC(C(=O)NC1CCCCC1)N(Cc1ccccc1)C(=O)CSCc1cc(C)cc(C)c1. The Kier molecular flexibility index (Phi) is 9.86. The van der Waals surface area contributed by atoms with Gasteiger partial charge >= 0.3 is 0 Å². The Bertz CT molecular complexity index is 889. The van der Waals surface area contributed by atoms with E-state index in [1.54, 1.807) is 16.7 Å². The van der Waals surface area contributed by atoms with Crippen molar-refractivity contribution in [2.24, 2.45) is 0 Å². The number of amides is 2. The van der Waals surface area contributed by atoms with E-state index in [1.165, 1.54) is 36.0 Å². The lowest BCUT2D eigenvalue weighted by atomic mass is 9.95. The van der Waals surface area contributed by atoms with E-state index in [9.17, 15) is 9.59 Å². The highest BCUT2D eigenvalue weighted by molar-refractivity contribution is 7.99. The number of carbonyl (C=O) groups is 2. The fraction of sp³-hybridized carbons (Fsp3) is 0.500. The zero-order valence-corrected chi connectivity index (χ0v) is 21.1. The molecule has 33 heavy (non-hydrogen) atoms. The fourth-order valence-corrected chi connectivity index (χ4v) is 5.58. The molecule has 1 aliphatic rings. The minimum absolute atomic E-state index is 0.00649. The summed E-state index contributed by atoms with van der Waals surface area (Å²) < 4.78 is 0. The second-order valence-corrected chi connectivity index (χ2v) is 10.2. The molecule has 1 N–H and O–H groups in total. The van der Waals surface area contributed by atoms with Crippen molar-refractivity contribution in [3.8, 4) is 0 Å². The molecule has 0 saturated heterocycles. The summed E-state index contributed by atoms with van der Waals surface area (Å²) in [5.41, 5.74) is 4.78. The van der Waals surface area contributed by atoms with E-state index in [0.717, 1.165) is 24.2 Å². The third kappa shape index (κ3) is 7.92. The lowest BCUT2D eigenvalue weighted by molar-refractivity contribution is -0.139. The van der Waals surface area contributed by atoms with Gasteiger partial charge < -0.3 is 10.2 Å². The molecule has 0 aromatic heterocycles. The summed E-state index contributed by atoms with van der Waals surface area (Å²) in [4.78, 5) is 28.4. The molecule has 1 atom stereocenters. The number of benzene rings is 2. The van der Waals surface area contributed by atoms with Crippen LogP contribution in [0.4, 0.5) is 0 Å². The van der Waals surface area contributed by atoms with Gasteiger partial charge in [-0.3, -0.25) is 9.59 Å². The molecule has 2 aromatic carbocycles. The van der Waals surface area contributed by atoms with Crippen molar-refractivity contribution in [3.63, 3.8) is 0 Å². The zero-order valence-electron chi connectivity index (χ0n) is 20.3. The van der Waals surface area contributed by atoms with Crippen LogP contribution in [0.25, 0.3) is 0 Å². The molecule has 2 amide bonds. The number of hydrogen-bond acceptors (Lipinski definition) is 3. The van der Waals surface area contributed by atoms with Gasteiger partial charge in [0.15, 0.2) is 0 Å². The van der Waals surface area contributed by atoms with Crippen LogP contribution >= 0.6 is 11.8 Å². The zero-order chi connectivity index (χ0) is 23.6. The summed E-state index contributed by atoms with van der Waals surface area (Å²) in [5.74, 6) is 1.18. The van der Waals surface area contributed by atoms with Crippen molar-refractivity contribution in [1.82, 2.24) is 10.2 Å². The minimum Gasteiger partial charge on any atom is -0.352 e. The maximum Gasteiger partial charge on any atom is 0.243 e. The third-order valence-corrected chi connectivity index (χ3v) is 7.30. The Morgan fingerprint density at radius 1 is 1.00 bits per heavy atom. The number of nitrogens with one attached hydrogen (secondary N) is 1. The smallest absolute Gasteiger partial charge is 0.243 e. The summed E-state index contributed by atoms with van der Waals surface area (Å²) in [5, 5.41) is 3.25. The number of aryl methyl sites for hydroxylation is 2. The van der Waals surface area contributed by atoms with E-state index in [1.807, 2.05) is 37.3 Å². The standard InChI is InChI=1S/C28H38N2O2S/c1-4-26(28(32)29-25-13-9-6-10-14-25)30(18-23-11-7-5-8-12-23)27(31)20-33-19-24-16-21(2)15-22(3)17-24/h5,7-8,11-12,15-17,25-26H,4,6,9-10,13-14,18-20H2,1-3H3,(H,29,32). The van der Waals surface area contributed by atoms with Crippen LogP contribution in [0.5, 0.6) is 0 Å². The van der Waals surface area contributed by atoms with E-state index in [-0.39, 0.29) is 17.9 Å². The molecular weight excluding hydrogens is 428 g/mol. The maximum atomic E-state index is 13.4. The van der Waals surface area contributed by atoms with Crippen LogP contribution < -0.4 is 5.32 Å². The summed E-state index contributed by atoms with van der Waals surface area (Å²) in [7, 11) is 0. The monoisotopic (exact) mass is 466 g/mol. The van der Waals surface area contributed by atoms with E-state index in [0.29, 0.717) is 18.7 Å². The van der Waals surface area contributed by atoms with Gasteiger partial charge in [0.25, 0.3) is 0 Å². The van der Waals surface area contributed by atoms with E-state index in [2.05, 4.69) is 37.4 Å². The first-order chi connectivity index (χ1) is 16.0. The topological polar surface area (TPSA) is 49.4 Å². The average molecular weight is 467 g/mol. The van der Waals surface area contributed by atoms with Gasteiger partial charge in [0, 0.05) is 18.3 Å². The van der Waals surface area contributed by atoms with Gasteiger partial charge in [-0.25, -0.2) is 0 Å². The van der Waals surface area contributed by atoms with Crippen LogP contribution in [0, 0.1) is 13.8 Å². The summed E-state index contributed by atoms with van der Waals surface area (Å²) in [6, 6.07) is 16.3. The van der Waals surface area contributed by atoms with E-state index in [4.69, 9.17) is 0 Å². The first kappa shape index (κ1) is 25.4. The fourth-order valence-electron chi connectivity index (χ4n) is 4.74. The van der Waals surface area contributed by atoms with Crippen LogP contribution in [0.15, 0.2) is 48.5 Å². The predicted molar refractivity (Wildman–Crippen MR) is 138 cm³/mol. The predicted octanol–water partition coefficient (Wildman–Crippen LogP) is 5.79. The molecule has 0 bridgehead atoms. The van der Waals surface area contributed by atoms with Gasteiger partial charge in [0.05, 0.1) is 5.75 Å². The van der Waals surface area contributed by atoms with Gasteiger partial charge in [0.2, 0.25) is 11.8 Å². The second kappa shape index (κ2) is 12.8. The number of hydrogen-bond donors (Lipinski definition) is 1. The molecule has 1 aliphatic carbocycles. The summed E-state index contributed by atoms with van der Waals surface area (Å²) >= 11 is 1.62. The first-order valence-corrected chi connectivity index (χ1v) is 13.4. The van der Waals surface area contributed by atoms with Crippen LogP contribution in [0.1, 0.15) is 67.7 Å². The van der Waals surface area contributed by atoms with Gasteiger partial charge in [0.1, 0.15) is 6.04 Å². The molecule has 3 rings (SSSR count). The normalized spacial score (nSPS) is 15.1. The maximum absolute atomic E-state index is 13.4. The van der Waals surface area contributed by atoms with Crippen molar-refractivity contribution < 1.29 is 9.59 Å². The van der Waals surface area contributed by atoms with Crippen molar-refractivity contribution in [1.29, 1.82) is 0 Å². The highest BCUT2D eigenvalue weighted by Crippen LogP contribution is 2.21. The van der Waals surface area contributed by atoms with Gasteiger partial charge in [-0.15, -0.1) is 11.8 Å². The Morgan fingerprint density at radius 3 is 2.30 bits per heavy atom. The Labute approximate surface area is 203 Å². The van der Waals surface area contributed by atoms with Crippen LogP contribution in [-0.4, -0.2) is 34.6 Å². The molecule has 0 aliphatic heterocycles. The molecule has 0 heterocycles. The van der Waals surface area contributed by atoms with Gasteiger partial charge in [-0.1, -0.05) is 85.8 Å². The highest BCUT2D eigenvalue weighted by Gasteiger charge is 2.30. The summed E-state index contributed by atoms with van der Waals surface area (Å²) in [6.07, 6.45) is 6.28. The van der Waals surface area contributed by atoms with Crippen LogP contribution in [0.3, 0.4) is 0 Å². The lowest BCUT2D eigenvalue weighted by Crippen LogP contribution is -2.52. The van der Waals surface area contributed by atoms with Crippen molar-refractivity contribution >= 4 is 23.6 Å². The van der Waals surface area contributed by atoms with E-state index >= 15 is 0 Å². The number of rotatable bonds is 10. The highest BCUT2D eigenvalue weighted by atomic mass is 32.2. The molecule has 0 radical (unpaired) electrons. The van der Waals surface area contributed by atoms with E-state index < -0.39 is 6.04 Å². The molecular formula is C28H38N2O2S. The molecule has 2 aromatic rings. The molecule has 1 fully saturated rings. The largest absolute Gasteiger partial charge is 0.352 e. The quantitative estimate of drug-likeness (QED) is 0.482. The number of carbonyl (C=O) groups excluding carboxylic acids is 2. The molecule has 1 saturated carbocycles. The Hall–Kier alpha value is -2.27. The van der Waals surface area contributed by atoms with Crippen LogP contribution in [-0.2, 0) is 21.9 Å². The first-order valence-electron chi connectivity index (χ1n) is 12.2. The third-order valence-electron chi connectivity index (χ3n) is 6.31. The number of nitrogens with zero attached hydrogens (tertiary/aromatic N) is 1. The summed E-state index contributed by atoms with van der Waals surface area (Å²) in [6.45, 7) is 6.66. The second-order valence-electron chi connectivity index (χ2n) is 9.26. The van der Waals surface area contributed by atoms with Gasteiger partial charge in [-0.2, -0.15) is 0 Å².